The van der Waals surface area contributed by atoms with Crippen LogP contribution in [-0.2, 0) is 4.79 Å². The van der Waals surface area contributed by atoms with Crippen molar-refractivity contribution in [1.29, 1.82) is 0 Å². The molecule has 2 aromatic carbocycles. The molecule has 0 bridgehead atoms. The molecule has 0 aliphatic heterocycles. The first-order chi connectivity index (χ1) is 13.2. The third-order valence-corrected chi connectivity index (χ3v) is 5.44. The van der Waals surface area contributed by atoms with Gasteiger partial charge in [-0.15, -0.1) is 5.10 Å². The molecule has 0 spiro atoms. The minimum absolute atomic E-state index is 0.101. The van der Waals surface area contributed by atoms with Crippen LogP contribution in [0.4, 0.5) is 0 Å². The van der Waals surface area contributed by atoms with Gasteiger partial charge in [-0.1, -0.05) is 72.4 Å². The highest BCUT2D eigenvalue weighted by Gasteiger charge is 2.29. The monoisotopic (exact) mass is 380 g/mol. The lowest BCUT2D eigenvalue weighted by Crippen LogP contribution is -2.30. The van der Waals surface area contributed by atoms with Crippen LogP contribution in [0.25, 0.3) is 0 Å². The molecule has 1 heterocycles. The highest BCUT2D eigenvalue weighted by atomic mass is 32.2. The maximum Gasteiger partial charge on any atom is 0.344 e. The summed E-state index contributed by atoms with van der Waals surface area (Å²) in [6.07, 6.45) is 1.98. The van der Waals surface area contributed by atoms with Crippen LogP contribution in [0.5, 0.6) is 0 Å². The third-order valence-electron chi connectivity index (χ3n) is 4.49. The molecular formula is C20H20N4O2S. The molecule has 4 rings (SSSR count). The summed E-state index contributed by atoms with van der Waals surface area (Å²) in [5, 5.41) is 10.2. The van der Waals surface area contributed by atoms with E-state index < -0.39 is 0 Å². The lowest BCUT2D eigenvalue weighted by Gasteiger charge is -2.19. The maximum atomic E-state index is 12.6. The van der Waals surface area contributed by atoms with Gasteiger partial charge in [0, 0.05) is 6.04 Å². The van der Waals surface area contributed by atoms with Crippen LogP contribution < -0.4 is 11.0 Å². The summed E-state index contributed by atoms with van der Waals surface area (Å²) in [6, 6.07) is 19.8. The minimum atomic E-state index is -0.217. The normalized spacial score (nSPS) is 13.7. The van der Waals surface area contributed by atoms with E-state index in [0.29, 0.717) is 5.16 Å². The van der Waals surface area contributed by atoms with E-state index in [1.807, 2.05) is 60.7 Å². The van der Waals surface area contributed by atoms with E-state index in [0.717, 1.165) is 24.0 Å². The van der Waals surface area contributed by atoms with E-state index in [4.69, 9.17) is 0 Å². The minimum Gasteiger partial charge on any atom is -0.344 e. The van der Waals surface area contributed by atoms with E-state index in [2.05, 4.69) is 15.5 Å². The number of benzene rings is 2. The van der Waals surface area contributed by atoms with Gasteiger partial charge in [0.25, 0.3) is 0 Å². The molecule has 0 radical (unpaired) electrons. The Labute approximate surface area is 161 Å². The Bertz CT molecular complexity index is 925. The third kappa shape index (κ3) is 4.14. The second-order valence-electron chi connectivity index (χ2n) is 6.52. The fourth-order valence-electron chi connectivity index (χ4n) is 3.03. The molecule has 6 nitrogen and oxygen atoms in total. The number of nitrogens with one attached hydrogen (secondary N) is 2. The molecule has 0 atom stereocenters. The first-order valence-corrected chi connectivity index (χ1v) is 9.90. The quantitative estimate of drug-likeness (QED) is 0.618. The lowest BCUT2D eigenvalue weighted by molar-refractivity contribution is -0.119. The molecule has 0 saturated heterocycles. The molecule has 138 valence electrons. The topological polar surface area (TPSA) is 79.8 Å². The number of carbonyl (C=O) groups is 1. The zero-order chi connectivity index (χ0) is 18.6. The van der Waals surface area contributed by atoms with Gasteiger partial charge in [0.2, 0.25) is 5.91 Å². The van der Waals surface area contributed by atoms with Crippen molar-refractivity contribution in [3.8, 4) is 0 Å². The molecular weight excluding hydrogens is 360 g/mol. The number of hydrogen-bond acceptors (Lipinski definition) is 4. The van der Waals surface area contributed by atoms with Crippen LogP contribution in [0.3, 0.4) is 0 Å². The largest absolute Gasteiger partial charge is 0.344 e. The number of nitrogens with zero attached hydrogens (tertiary/aromatic N) is 2. The SMILES string of the molecule is O=C(CSc1n[nH]c(=O)n1C1CC1)NC(c1ccccc1)c1ccccc1. The van der Waals surface area contributed by atoms with Crippen molar-refractivity contribution in [2.45, 2.75) is 30.1 Å². The summed E-state index contributed by atoms with van der Waals surface area (Å²) in [6.45, 7) is 0. The molecule has 1 fully saturated rings. The van der Waals surface area contributed by atoms with Crippen LogP contribution in [0.15, 0.2) is 70.6 Å². The van der Waals surface area contributed by atoms with Crippen molar-refractivity contribution in [1.82, 2.24) is 20.1 Å². The lowest BCUT2D eigenvalue weighted by atomic mass is 9.99. The smallest absolute Gasteiger partial charge is 0.344 e. The summed E-state index contributed by atoms with van der Waals surface area (Å²) in [5.74, 6) is 0.100. The number of aromatic amines is 1. The summed E-state index contributed by atoms with van der Waals surface area (Å²) in [5.41, 5.74) is 1.85. The summed E-state index contributed by atoms with van der Waals surface area (Å²) < 4.78 is 1.66. The number of thioether (sulfide) groups is 1. The van der Waals surface area contributed by atoms with Gasteiger partial charge in [0.05, 0.1) is 11.8 Å². The van der Waals surface area contributed by atoms with E-state index in [9.17, 15) is 9.59 Å². The average Bonchev–Trinajstić information content (AvgIpc) is 3.48. The first-order valence-electron chi connectivity index (χ1n) is 8.91. The van der Waals surface area contributed by atoms with E-state index in [1.54, 1.807) is 4.57 Å². The Kier molecular flexibility index (Phi) is 5.11. The van der Waals surface area contributed by atoms with Crippen LogP contribution >= 0.6 is 11.8 Å². The van der Waals surface area contributed by atoms with Gasteiger partial charge in [-0.3, -0.25) is 9.36 Å². The van der Waals surface area contributed by atoms with Gasteiger partial charge >= 0.3 is 5.69 Å². The summed E-state index contributed by atoms with van der Waals surface area (Å²) >= 11 is 1.29. The second-order valence-corrected chi connectivity index (χ2v) is 7.47. The van der Waals surface area contributed by atoms with E-state index in [-0.39, 0.29) is 29.4 Å². The molecule has 27 heavy (non-hydrogen) atoms. The number of hydrogen-bond donors (Lipinski definition) is 2. The summed E-state index contributed by atoms with van der Waals surface area (Å²) in [7, 11) is 0. The molecule has 1 aromatic heterocycles. The Hall–Kier alpha value is -2.80. The van der Waals surface area contributed by atoms with Crippen LogP contribution in [0.2, 0.25) is 0 Å². The highest BCUT2D eigenvalue weighted by molar-refractivity contribution is 7.99. The molecule has 1 amide bonds. The zero-order valence-corrected chi connectivity index (χ0v) is 15.5. The molecule has 1 aliphatic carbocycles. The Balaban J connectivity index is 1.47. The van der Waals surface area contributed by atoms with Crippen molar-refractivity contribution in [3.63, 3.8) is 0 Å². The van der Waals surface area contributed by atoms with E-state index in [1.165, 1.54) is 11.8 Å². The fourth-order valence-corrected chi connectivity index (χ4v) is 3.85. The zero-order valence-electron chi connectivity index (χ0n) is 14.7. The van der Waals surface area contributed by atoms with Gasteiger partial charge in [-0.2, -0.15) is 0 Å². The first kappa shape index (κ1) is 17.6. The number of rotatable bonds is 7. The fraction of sp³-hybridized carbons (Fsp3) is 0.250. The van der Waals surface area contributed by atoms with Gasteiger partial charge < -0.3 is 5.32 Å². The Morgan fingerprint density at radius 2 is 1.70 bits per heavy atom. The van der Waals surface area contributed by atoms with Crippen molar-refractivity contribution < 1.29 is 4.79 Å². The average molecular weight is 380 g/mol. The number of aromatic nitrogens is 3. The van der Waals surface area contributed by atoms with Gasteiger partial charge in [-0.05, 0) is 24.0 Å². The summed E-state index contributed by atoms with van der Waals surface area (Å²) in [4.78, 5) is 24.5. The highest BCUT2D eigenvalue weighted by Crippen LogP contribution is 2.36. The molecule has 2 N–H and O–H groups in total. The van der Waals surface area contributed by atoms with Gasteiger partial charge in [0.15, 0.2) is 5.16 Å². The predicted octanol–water partition coefficient (Wildman–Crippen LogP) is 2.90. The van der Waals surface area contributed by atoms with Crippen LogP contribution in [-0.4, -0.2) is 26.4 Å². The predicted molar refractivity (Wildman–Crippen MR) is 105 cm³/mol. The number of H-pyrrole nitrogens is 1. The van der Waals surface area contributed by atoms with Crippen LogP contribution in [0, 0.1) is 0 Å². The standard InChI is InChI=1S/C20H20N4O2S/c25-17(13-27-20-23-22-19(26)24(20)16-11-12-16)21-18(14-7-3-1-4-8-14)15-9-5-2-6-10-15/h1-10,16,18H,11-13H2,(H,21,25)(H,22,26). The van der Waals surface area contributed by atoms with E-state index >= 15 is 0 Å². The van der Waals surface area contributed by atoms with Gasteiger partial charge in [-0.25, -0.2) is 9.89 Å². The van der Waals surface area contributed by atoms with Crippen molar-refractivity contribution in [3.05, 3.63) is 82.3 Å². The maximum absolute atomic E-state index is 12.6. The molecule has 1 aliphatic rings. The number of carbonyl (C=O) groups excluding carboxylic acids is 1. The Morgan fingerprint density at radius 3 is 2.26 bits per heavy atom. The van der Waals surface area contributed by atoms with Crippen LogP contribution in [0.1, 0.15) is 36.1 Å². The van der Waals surface area contributed by atoms with Crippen molar-refractivity contribution in [2.75, 3.05) is 5.75 Å². The molecule has 3 aromatic rings. The number of amides is 1. The van der Waals surface area contributed by atoms with Crippen molar-refractivity contribution >= 4 is 17.7 Å². The molecule has 1 saturated carbocycles. The second kappa shape index (κ2) is 7.84. The molecule has 7 heteroatoms. The Morgan fingerprint density at radius 1 is 1.11 bits per heavy atom. The molecule has 0 unspecified atom stereocenters. The van der Waals surface area contributed by atoms with Crippen molar-refractivity contribution in [2.24, 2.45) is 0 Å². The van der Waals surface area contributed by atoms with Gasteiger partial charge in [0.1, 0.15) is 0 Å².